The molecule has 0 heterocycles. The summed E-state index contributed by atoms with van der Waals surface area (Å²) in [6.07, 6.45) is 3.71. The lowest BCUT2D eigenvalue weighted by atomic mass is 10.3. The normalized spacial score (nSPS) is 10.5. The Bertz CT molecular complexity index is 107. The summed E-state index contributed by atoms with van der Waals surface area (Å²) in [5, 5.41) is 0. The molecule has 0 aromatic heterocycles. The Labute approximate surface area is 101 Å². The van der Waals surface area contributed by atoms with Gasteiger partial charge in [-0.15, -0.1) is 34.7 Å². The van der Waals surface area contributed by atoms with Gasteiger partial charge in [-0.25, -0.2) is 0 Å². The van der Waals surface area contributed by atoms with Gasteiger partial charge in [-0.05, 0) is 25.7 Å². The van der Waals surface area contributed by atoms with E-state index in [1.165, 1.54) is 0 Å². The van der Waals surface area contributed by atoms with Crippen LogP contribution in [-0.4, -0.2) is 31.5 Å². The molecular weight excluding hydrogens is 245 g/mol. The van der Waals surface area contributed by atoms with E-state index in [0.29, 0.717) is 25.0 Å². The molecule has 0 aromatic rings. The minimum atomic E-state index is -0.638. The summed E-state index contributed by atoms with van der Waals surface area (Å²) in [5.41, 5.74) is 0. The summed E-state index contributed by atoms with van der Waals surface area (Å²) in [6.45, 7) is 0.549. The van der Waals surface area contributed by atoms with Gasteiger partial charge < -0.3 is 9.31 Å². The lowest BCUT2D eigenvalue weighted by molar-refractivity contribution is 0.208. The highest BCUT2D eigenvalue weighted by Gasteiger charge is 2.13. The van der Waals surface area contributed by atoms with Gasteiger partial charge >= 0.3 is 6.53 Å². The van der Waals surface area contributed by atoms with Crippen molar-refractivity contribution in [1.82, 2.24) is 0 Å². The number of hydrogen-bond donors (Lipinski definition) is 0. The van der Waals surface area contributed by atoms with E-state index in [0.717, 1.165) is 25.7 Å². The highest BCUT2D eigenvalue weighted by Crippen LogP contribution is 2.01. The van der Waals surface area contributed by atoms with Gasteiger partial charge in [-0.1, -0.05) is 0 Å². The van der Waals surface area contributed by atoms with E-state index in [1.807, 2.05) is 0 Å². The first kappa shape index (κ1) is 14.9. The zero-order valence-corrected chi connectivity index (χ0v) is 10.5. The number of rotatable bonds is 10. The zero-order chi connectivity index (χ0) is 10.6. The monoisotopic (exact) mass is 260 g/mol. The van der Waals surface area contributed by atoms with E-state index < -0.39 is 6.53 Å². The fourth-order valence-electron chi connectivity index (χ4n) is 0.793. The third-order valence-electron chi connectivity index (χ3n) is 1.55. The first-order chi connectivity index (χ1) is 6.81. The fourth-order valence-corrected chi connectivity index (χ4v) is 1.35. The van der Waals surface area contributed by atoms with E-state index in [1.54, 1.807) is 0 Å². The van der Waals surface area contributed by atoms with Crippen LogP contribution in [0.5, 0.6) is 0 Å². The molecular formula is C8H16BCl3O2. The van der Waals surface area contributed by atoms with Crippen molar-refractivity contribution < 1.29 is 9.31 Å². The van der Waals surface area contributed by atoms with E-state index in [4.69, 9.17) is 44.0 Å². The van der Waals surface area contributed by atoms with Crippen LogP contribution in [0.25, 0.3) is 0 Å². The maximum Gasteiger partial charge on any atom is 0.571 e. The average molecular weight is 261 g/mol. The van der Waals surface area contributed by atoms with Crippen molar-refractivity contribution in [1.29, 1.82) is 0 Å². The van der Waals surface area contributed by atoms with Crippen LogP contribution in [-0.2, 0) is 9.31 Å². The molecule has 0 bridgehead atoms. The summed E-state index contributed by atoms with van der Waals surface area (Å²) in [5.74, 6) is 1.32. The van der Waals surface area contributed by atoms with Crippen LogP contribution in [0.4, 0.5) is 0 Å². The maximum absolute atomic E-state index is 5.73. The minimum absolute atomic E-state index is 0.594. The largest absolute Gasteiger partial charge is 0.571 e. The van der Waals surface area contributed by atoms with Crippen LogP contribution in [0, 0.1) is 0 Å². The summed E-state index contributed by atoms with van der Waals surface area (Å²) in [4.78, 5) is 0. The van der Waals surface area contributed by atoms with Crippen molar-refractivity contribution in [3.8, 4) is 0 Å². The Hall–Kier alpha value is 0.855. The molecule has 0 aromatic carbocycles. The van der Waals surface area contributed by atoms with E-state index in [2.05, 4.69) is 0 Å². The highest BCUT2D eigenvalue weighted by atomic mass is 35.5. The smallest absolute Gasteiger partial charge is 0.398 e. The van der Waals surface area contributed by atoms with Gasteiger partial charge in [0.2, 0.25) is 0 Å². The molecule has 0 fully saturated rings. The quantitative estimate of drug-likeness (QED) is 0.341. The average Bonchev–Trinajstić information content (AvgIpc) is 2.19. The van der Waals surface area contributed by atoms with Gasteiger partial charge in [0.1, 0.15) is 0 Å². The minimum Gasteiger partial charge on any atom is -0.398 e. The van der Waals surface area contributed by atoms with Crippen LogP contribution < -0.4 is 0 Å². The Morgan fingerprint density at radius 3 is 1.57 bits per heavy atom. The van der Waals surface area contributed by atoms with Gasteiger partial charge in [-0.2, -0.15) is 0 Å². The van der Waals surface area contributed by atoms with Gasteiger partial charge in [0.25, 0.3) is 0 Å². The molecule has 0 amide bonds. The highest BCUT2D eigenvalue weighted by molar-refractivity contribution is 6.99. The molecule has 6 heteroatoms. The molecule has 84 valence electrons. The van der Waals surface area contributed by atoms with Gasteiger partial charge in [0.05, 0.1) is 0 Å². The van der Waals surface area contributed by atoms with E-state index in [-0.39, 0.29) is 0 Å². The van der Waals surface area contributed by atoms with Crippen molar-refractivity contribution >= 4 is 41.2 Å². The van der Waals surface area contributed by atoms with Crippen LogP contribution in [0.3, 0.4) is 0 Å². The molecule has 0 rings (SSSR count). The third kappa shape index (κ3) is 10.9. The summed E-state index contributed by atoms with van der Waals surface area (Å²) >= 11 is 16.7. The molecule has 14 heavy (non-hydrogen) atoms. The molecule has 0 saturated heterocycles. The molecule has 0 aliphatic heterocycles. The second kappa shape index (κ2) is 11.9. The molecule has 2 nitrogen and oxygen atoms in total. The zero-order valence-electron chi connectivity index (χ0n) is 8.18. The van der Waals surface area contributed by atoms with Gasteiger partial charge in [0, 0.05) is 25.0 Å². The van der Waals surface area contributed by atoms with Crippen LogP contribution in [0.15, 0.2) is 0 Å². The van der Waals surface area contributed by atoms with Crippen molar-refractivity contribution in [2.45, 2.75) is 25.7 Å². The maximum atomic E-state index is 5.73. The van der Waals surface area contributed by atoms with E-state index in [9.17, 15) is 0 Å². The third-order valence-corrected chi connectivity index (χ3v) is 2.34. The van der Waals surface area contributed by atoms with Crippen LogP contribution >= 0.6 is 34.7 Å². The molecule has 0 unspecified atom stereocenters. The van der Waals surface area contributed by atoms with Crippen LogP contribution in [0.1, 0.15) is 25.7 Å². The Morgan fingerprint density at radius 1 is 0.786 bits per heavy atom. The van der Waals surface area contributed by atoms with Crippen molar-refractivity contribution in [3.63, 3.8) is 0 Å². The molecule has 0 spiro atoms. The molecule has 0 N–H and O–H groups in total. The first-order valence-electron chi connectivity index (χ1n) is 4.80. The lowest BCUT2D eigenvalue weighted by Crippen LogP contribution is -2.17. The SMILES string of the molecule is ClCCCCOB(Cl)OCCCCCl. The number of hydrogen-bond acceptors (Lipinski definition) is 2. The van der Waals surface area contributed by atoms with Crippen LogP contribution in [0.2, 0.25) is 0 Å². The topological polar surface area (TPSA) is 18.5 Å². The second-order valence-corrected chi connectivity index (χ2v) is 3.92. The summed E-state index contributed by atoms with van der Waals surface area (Å²) in [7, 11) is 0. The first-order valence-corrected chi connectivity index (χ1v) is 6.31. The van der Waals surface area contributed by atoms with Crippen molar-refractivity contribution in [3.05, 3.63) is 0 Å². The van der Waals surface area contributed by atoms with Gasteiger partial charge in [-0.3, -0.25) is 0 Å². The summed E-state index contributed by atoms with van der Waals surface area (Å²) < 4.78 is 10.4. The number of halogens is 3. The van der Waals surface area contributed by atoms with Crippen molar-refractivity contribution in [2.24, 2.45) is 0 Å². The lowest BCUT2D eigenvalue weighted by Gasteiger charge is -2.07. The predicted octanol–water partition coefficient (Wildman–Crippen LogP) is 3.28. The predicted molar refractivity (Wildman–Crippen MR) is 63.4 cm³/mol. The Morgan fingerprint density at radius 2 is 1.21 bits per heavy atom. The number of alkyl halides is 2. The van der Waals surface area contributed by atoms with E-state index >= 15 is 0 Å². The molecule has 0 atom stereocenters. The summed E-state index contributed by atoms with van der Waals surface area (Å²) in [6, 6.07) is 0. The molecule has 0 aliphatic rings. The second-order valence-electron chi connectivity index (χ2n) is 2.81. The number of unbranched alkanes of at least 4 members (excludes halogenated alkanes) is 2. The molecule has 0 saturated carbocycles. The van der Waals surface area contributed by atoms with Crippen molar-refractivity contribution in [2.75, 3.05) is 25.0 Å². The molecule has 0 radical (unpaired) electrons. The van der Waals surface area contributed by atoms with Gasteiger partial charge in [0.15, 0.2) is 0 Å². The Kier molecular flexibility index (Phi) is 12.7. The fraction of sp³-hybridized carbons (Fsp3) is 1.00. The Balaban J connectivity index is 3.07. The standard InChI is InChI=1S/C8H16BCl3O2/c10-5-1-3-7-13-9(12)14-8-4-2-6-11/h1-8H2. The molecule has 0 aliphatic carbocycles.